The van der Waals surface area contributed by atoms with Gasteiger partial charge in [-0.1, -0.05) is 0 Å². The van der Waals surface area contributed by atoms with E-state index in [9.17, 15) is 14.4 Å². The van der Waals surface area contributed by atoms with Crippen molar-refractivity contribution in [2.45, 2.75) is 6.92 Å². The molecule has 4 aromatic rings. The van der Waals surface area contributed by atoms with E-state index in [0.29, 0.717) is 21.7 Å². The summed E-state index contributed by atoms with van der Waals surface area (Å²) in [6, 6.07) is 12.2. The van der Waals surface area contributed by atoms with Crippen LogP contribution in [0.25, 0.3) is 22.3 Å². The van der Waals surface area contributed by atoms with Crippen LogP contribution in [-0.4, -0.2) is 28.0 Å². The lowest BCUT2D eigenvalue weighted by Gasteiger charge is -2.04. The summed E-state index contributed by atoms with van der Waals surface area (Å²) in [4.78, 5) is 45.9. The quantitative estimate of drug-likeness (QED) is 0.449. The molecule has 0 aliphatic carbocycles. The van der Waals surface area contributed by atoms with Gasteiger partial charge in [-0.25, -0.2) is 4.98 Å². The number of ether oxygens (including phenoxy) is 1. The van der Waals surface area contributed by atoms with Gasteiger partial charge in [0.15, 0.2) is 5.13 Å². The largest absolute Gasteiger partial charge is 0.497 e. The van der Waals surface area contributed by atoms with Crippen LogP contribution in [0, 0.1) is 6.92 Å². The number of rotatable bonds is 4. The molecule has 29 heavy (non-hydrogen) atoms. The third-order valence-electron chi connectivity index (χ3n) is 4.36. The fraction of sp³-hybridized carbons (Fsp3) is 0.100. The molecule has 0 saturated heterocycles. The molecule has 9 heteroatoms. The molecule has 0 radical (unpaired) electrons. The maximum absolute atomic E-state index is 12.6. The summed E-state index contributed by atoms with van der Waals surface area (Å²) in [7, 11) is 1.61. The van der Waals surface area contributed by atoms with Crippen LogP contribution in [0.15, 0.2) is 52.1 Å². The SMILES string of the molecule is COc1ccc(-c2nc(NC(=O)c3ccc4[nH]c(=O)c(=O)[nH]c4c3)sc2C)cc1. The van der Waals surface area contributed by atoms with E-state index < -0.39 is 11.1 Å². The zero-order valence-electron chi connectivity index (χ0n) is 15.5. The van der Waals surface area contributed by atoms with Crippen LogP contribution < -0.4 is 21.2 Å². The molecule has 2 aromatic carbocycles. The number of fused-ring (bicyclic) bond motifs is 1. The van der Waals surface area contributed by atoms with Crippen molar-refractivity contribution in [3.05, 3.63) is 73.6 Å². The maximum atomic E-state index is 12.6. The van der Waals surface area contributed by atoms with Crippen LogP contribution in [0.1, 0.15) is 15.2 Å². The first-order chi connectivity index (χ1) is 13.9. The number of hydrogen-bond acceptors (Lipinski definition) is 6. The Hall–Kier alpha value is -3.72. The molecule has 0 bridgehead atoms. The Morgan fingerprint density at radius 3 is 2.41 bits per heavy atom. The standard InChI is InChI=1S/C20H16N4O4S/c1-10-16(11-3-6-13(28-2)7-4-11)23-20(29-10)24-17(25)12-5-8-14-15(9-12)22-19(27)18(26)21-14/h3-9H,1-2H3,(H,21,26)(H,22,27)(H,23,24,25). The average Bonchev–Trinajstić information content (AvgIpc) is 3.08. The zero-order valence-corrected chi connectivity index (χ0v) is 16.3. The minimum absolute atomic E-state index is 0.332. The Morgan fingerprint density at radius 2 is 1.72 bits per heavy atom. The Morgan fingerprint density at radius 1 is 1.03 bits per heavy atom. The fourth-order valence-electron chi connectivity index (χ4n) is 2.89. The van der Waals surface area contributed by atoms with Gasteiger partial charge in [0.1, 0.15) is 5.75 Å². The number of hydrogen-bond donors (Lipinski definition) is 3. The fourth-order valence-corrected chi connectivity index (χ4v) is 3.72. The van der Waals surface area contributed by atoms with Crippen molar-refractivity contribution in [2.75, 3.05) is 12.4 Å². The van der Waals surface area contributed by atoms with Crippen molar-refractivity contribution in [1.82, 2.24) is 15.0 Å². The first-order valence-corrected chi connectivity index (χ1v) is 9.46. The minimum atomic E-state index is -0.769. The highest BCUT2D eigenvalue weighted by atomic mass is 32.1. The Kier molecular flexibility index (Phi) is 4.73. The van der Waals surface area contributed by atoms with Gasteiger partial charge in [-0.15, -0.1) is 11.3 Å². The highest BCUT2D eigenvalue weighted by Gasteiger charge is 2.14. The van der Waals surface area contributed by atoms with Gasteiger partial charge in [0, 0.05) is 16.0 Å². The number of nitrogens with one attached hydrogen (secondary N) is 3. The molecule has 1 amide bonds. The van der Waals surface area contributed by atoms with E-state index in [2.05, 4.69) is 20.3 Å². The normalized spacial score (nSPS) is 10.8. The predicted molar refractivity (Wildman–Crippen MR) is 112 cm³/mol. The van der Waals surface area contributed by atoms with Gasteiger partial charge in [-0.3, -0.25) is 19.7 Å². The lowest BCUT2D eigenvalue weighted by molar-refractivity contribution is 0.102. The number of anilines is 1. The summed E-state index contributed by atoms with van der Waals surface area (Å²) in [5.41, 5.74) is 1.35. The summed E-state index contributed by atoms with van der Waals surface area (Å²) < 4.78 is 5.17. The molecule has 2 aromatic heterocycles. The van der Waals surface area contributed by atoms with Crippen molar-refractivity contribution in [1.29, 1.82) is 0 Å². The number of aryl methyl sites for hydroxylation is 1. The number of carbonyl (C=O) groups is 1. The van der Waals surface area contributed by atoms with E-state index in [1.807, 2.05) is 31.2 Å². The maximum Gasteiger partial charge on any atom is 0.314 e. The third kappa shape index (κ3) is 3.67. The predicted octanol–water partition coefficient (Wildman–Crippen LogP) is 2.91. The van der Waals surface area contributed by atoms with Crippen LogP contribution in [0.2, 0.25) is 0 Å². The minimum Gasteiger partial charge on any atom is -0.497 e. The molecule has 8 nitrogen and oxygen atoms in total. The molecular formula is C20H16N4O4S. The summed E-state index contributed by atoms with van der Waals surface area (Å²) in [5.74, 6) is 0.389. The first-order valence-electron chi connectivity index (χ1n) is 8.64. The monoisotopic (exact) mass is 408 g/mol. The van der Waals surface area contributed by atoms with E-state index in [0.717, 1.165) is 21.9 Å². The molecule has 0 saturated carbocycles. The molecular weight excluding hydrogens is 392 g/mol. The smallest absolute Gasteiger partial charge is 0.314 e. The van der Waals surface area contributed by atoms with Gasteiger partial charge in [0.2, 0.25) is 0 Å². The topological polar surface area (TPSA) is 117 Å². The number of benzene rings is 2. The Balaban J connectivity index is 1.60. The number of nitrogens with zero attached hydrogens (tertiary/aromatic N) is 1. The second-order valence-corrected chi connectivity index (χ2v) is 7.48. The Bertz CT molecular complexity index is 1340. The molecule has 0 aliphatic rings. The van der Waals surface area contributed by atoms with E-state index in [4.69, 9.17) is 4.74 Å². The molecule has 0 spiro atoms. The molecule has 4 rings (SSSR count). The summed E-state index contributed by atoms with van der Waals surface area (Å²) in [6.45, 7) is 1.93. The molecule has 0 atom stereocenters. The van der Waals surface area contributed by atoms with Crippen molar-refractivity contribution in [3.8, 4) is 17.0 Å². The molecule has 0 unspecified atom stereocenters. The first kappa shape index (κ1) is 18.6. The van der Waals surface area contributed by atoms with Crippen molar-refractivity contribution >= 4 is 33.4 Å². The number of carbonyl (C=O) groups excluding carboxylic acids is 1. The molecule has 146 valence electrons. The van der Waals surface area contributed by atoms with Gasteiger partial charge < -0.3 is 14.7 Å². The van der Waals surface area contributed by atoms with Gasteiger partial charge in [0.25, 0.3) is 5.91 Å². The second-order valence-electron chi connectivity index (χ2n) is 6.28. The van der Waals surface area contributed by atoms with E-state index in [1.54, 1.807) is 19.2 Å². The van der Waals surface area contributed by atoms with Crippen LogP contribution in [0.4, 0.5) is 5.13 Å². The number of amides is 1. The van der Waals surface area contributed by atoms with E-state index >= 15 is 0 Å². The number of thiazole rings is 1. The molecule has 3 N–H and O–H groups in total. The van der Waals surface area contributed by atoms with E-state index in [1.165, 1.54) is 17.4 Å². The number of H-pyrrole nitrogens is 2. The Labute approximate surface area is 168 Å². The highest BCUT2D eigenvalue weighted by molar-refractivity contribution is 7.16. The van der Waals surface area contributed by atoms with Crippen LogP contribution in [0.5, 0.6) is 5.75 Å². The lowest BCUT2D eigenvalue weighted by Crippen LogP contribution is -2.29. The third-order valence-corrected chi connectivity index (χ3v) is 5.25. The van der Waals surface area contributed by atoms with Gasteiger partial charge in [-0.05, 0) is 49.4 Å². The van der Waals surface area contributed by atoms with Crippen LogP contribution in [0.3, 0.4) is 0 Å². The van der Waals surface area contributed by atoms with Crippen molar-refractivity contribution < 1.29 is 9.53 Å². The lowest BCUT2D eigenvalue weighted by atomic mass is 10.1. The van der Waals surface area contributed by atoms with Crippen LogP contribution >= 0.6 is 11.3 Å². The molecule has 2 heterocycles. The second kappa shape index (κ2) is 7.36. The van der Waals surface area contributed by atoms with E-state index in [-0.39, 0.29) is 5.91 Å². The van der Waals surface area contributed by atoms with Crippen molar-refractivity contribution in [2.24, 2.45) is 0 Å². The summed E-state index contributed by atoms with van der Waals surface area (Å²) >= 11 is 1.37. The summed E-state index contributed by atoms with van der Waals surface area (Å²) in [6.07, 6.45) is 0. The average molecular weight is 408 g/mol. The molecule has 0 fully saturated rings. The number of aromatic amines is 2. The van der Waals surface area contributed by atoms with Crippen LogP contribution in [-0.2, 0) is 0 Å². The van der Waals surface area contributed by atoms with Crippen molar-refractivity contribution in [3.63, 3.8) is 0 Å². The number of aromatic nitrogens is 3. The van der Waals surface area contributed by atoms with Gasteiger partial charge in [0.05, 0.1) is 23.8 Å². The number of methoxy groups -OCH3 is 1. The highest BCUT2D eigenvalue weighted by Crippen LogP contribution is 2.31. The summed E-state index contributed by atoms with van der Waals surface area (Å²) in [5, 5.41) is 3.25. The van der Waals surface area contributed by atoms with Gasteiger partial charge in [-0.2, -0.15) is 0 Å². The molecule has 0 aliphatic heterocycles. The zero-order chi connectivity index (χ0) is 20.5. The van der Waals surface area contributed by atoms with Gasteiger partial charge >= 0.3 is 11.1 Å².